The number of nitrogens with two attached hydrogens (primary N) is 1. The highest BCUT2D eigenvalue weighted by Gasteiger charge is 2.23. The Morgan fingerprint density at radius 2 is 2.21 bits per heavy atom. The molecular weight excluding hydrogens is 211 g/mol. The van der Waals surface area contributed by atoms with Crippen molar-refractivity contribution >= 4 is 10.0 Å². The molecule has 1 unspecified atom stereocenters. The maximum absolute atomic E-state index is 12.4. The number of hydrogen-bond acceptors (Lipinski definition) is 4. The minimum absolute atomic E-state index is 0.0244. The third kappa shape index (κ3) is 2.47. The van der Waals surface area contributed by atoms with Gasteiger partial charge in [0.2, 0.25) is 10.0 Å². The Hall–Kier alpha value is -1.05. The van der Waals surface area contributed by atoms with Crippen LogP contribution in [0.25, 0.3) is 0 Å². The number of hydrogen-bond donors (Lipinski definition) is 2. The van der Waals surface area contributed by atoms with E-state index in [4.69, 9.17) is 10.2 Å². The van der Waals surface area contributed by atoms with Crippen molar-refractivity contribution < 1.29 is 17.9 Å². The van der Waals surface area contributed by atoms with Gasteiger partial charge < -0.3 is 5.11 Å². The molecule has 0 bridgehead atoms. The molecule has 1 aromatic rings. The molecule has 14 heavy (non-hydrogen) atoms. The summed E-state index contributed by atoms with van der Waals surface area (Å²) in [6.45, 7) is -0.683. The summed E-state index contributed by atoms with van der Waals surface area (Å²) in [6.07, 6.45) is 0.864. The summed E-state index contributed by atoms with van der Waals surface area (Å²) in [5.41, 5.74) is 0.0244. The summed E-state index contributed by atoms with van der Waals surface area (Å²) in [4.78, 5) is 3.52. The van der Waals surface area contributed by atoms with Gasteiger partial charge in [0.25, 0.3) is 0 Å². The molecule has 3 N–H and O–H groups in total. The van der Waals surface area contributed by atoms with E-state index in [1.54, 1.807) is 0 Å². The molecule has 0 fully saturated rings. The number of halogens is 1. The normalized spacial score (nSPS) is 13.9. The zero-order valence-electron chi connectivity index (χ0n) is 7.09. The molecule has 0 aromatic carbocycles. The van der Waals surface area contributed by atoms with Crippen LogP contribution in [0.5, 0.6) is 0 Å². The highest BCUT2D eigenvalue weighted by Crippen LogP contribution is 2.16. The zero-order valence-corrected chi connectivity index (χ0v) is 7.91. The van der Waals surface area contributed by atoms with Gasteiger partial charge in [0, 0.05) is 0 Å². The SMILES string of the molecule is NS(=O)(=O)C(CO)c1ccc(F)cn1. The van der Waals surface area contributed by atoms with E-state index in [-0.39, 0.29) is 5.69 Å². The molecule has 0 saturated carbocycles. The van der Waals surface area contributed by atoms with Crippen molar-refractivity contribution in [2.45, 2.75) is 5.25 Å². The minimum atomic E-state index is -3.92. The van der Waals surface area contributed by atoms with Crippen LogP contribution >= 0.6 is 0 Å². The Labute approximate surface area is 80.4 Å². The van der Waals surface area contributed by atoms with Gasteiger partial charge in [-0.05, 0) is 12.1 Å². The largest absolute Gasteiger partial charge is 0.395 e. The lowest BCUT2D eigenvalue weighted by Gasteiger charge is -2.10. The van der Waals surface area contributed by atoms with Crippen LogP contribution in [0.2, 0.25) is 0 Å². The van der Waals surface area contributed by atoms with Gasteiger partial charge in [0.05, 0.1) is 18.5 Å². The van der Waals surface area contributed by atoms with E-state index in [0.717, 1.165) is 12.3 Å². The van der Waals surface area contributed by atoms with Crippen LogP contribution < -0.4 is 5.14 Å². The maximum atomic E-state index is 12.4. The number of primary sulfonamides is 1. The first-order valence-corrected chi connectivity index (χ1v) is 5.30. The molecular formula is C7H9FN2O3S. The highest BCUT2D eigenvalue weighted by atomic mass is 32.2. The monoisotopic (exact) mass is 220 g/mol. The standard InChI is InChI=1S/C7H9FN2O3S/c8-5-1-2-6(10-3-5)7(4-11)14(9,12)13/h1-3,7,11H,4H2,(H2,9,12,13). The van der Waals surface area contributed by atoms with E-state index < -0.39 is 27.7 Å². The van der Waals surface area contributed by atoms with E-state index >= 15 is 0 Å². The van der Waals surface area contributed by atoms with Crippen LogP contribution in [-0.2, 0) is 10.0 Å². The number of aliphatic hydroxyl groups is 1. The first kappa shape index (κ1) is 11.0. The van der Waals surface area contributed by atoms with Crippen LogP contribution in [0, 0.1) is 5.82 Å². The van der Waals surface area contributed by atoms with E-state index in [1.165, 1.54) is 6.07 Å². The lowest BCUT2D eigenvalue weighted by molar-refractivity contribution is 0.290. The predicted octanol–water partition coefficient (Wildman–Crippen LogP) is -0.457. The maximum Gasteiger partial charge on any atom is 0.220 e. The number of pyridine rings is 1. The summed E-state index contributed by atoms with van der Waals surface area (Å²) in [5.74, 6) is -0.583. The molecule has 0 radical (unpaired) electrons. The minimum Gasteiger partial charge on any atom is -0.395 e. The Morgan fingerprint density at radius 1 is 1.57 bits per heavy atom. The van der Waals surface area contributed by atoms with Gasteiger partial charge in [0.1, 0.15) is 11.1 Å². The van der Waals surface area contributed by atoms with E-state index in [2.05, 4.69) is 4.98 Å². The van der Waals surface area contributed by atoms with Crippen molar-refractivity contribution in [2.75, 3.05) is 6.61 Å². The summed E-state index contributed by atoms with van der Waals surface area (Å²) in [5, 5.41) is 12.3. The average Bonchev–Trinajstić information content (AvgIpc) is 2.07. The van der Waals surface area contributed by atoms with Crippen LogP contribution in [0.4, 0.5) is 4.39 Å². The Kier molecular flexibility index (Phi) is 3.14. The van der Waals surface area contributed by atoms with Gasteiger partial charge in [-0.15, -0.1) is 0 Å². The van der Waals surface area contributed by atoms with E-state index in [0.29, 0.717) is 0 Å². The number of aromatic nitrogens is 1. The van der Waals surface area contributed by atoms with Crippen molar-refractivity contribution in [3.8, 4) is 0 Å². The molecule has 78 valence electrons. The number of aliphatic hydroxyl groups excluding tert-OH is 1. The lowest BCUT2D eigenvalue weighted by Crippen LogP contribution is -2.25. The van der Waals surface area contributed by atoms with Crippen molar-refractivity contribution in [3.05, 3.63) is 29.8 Å². The van der Waals surface area contributed by atoms with Crippen molar-refractivity contribution in [1.82, 2.24) is 4.98 Å². The third-order valence-electron chi connectivity index (χ3n) is 1.64. The van der Waals surface area contributed by atoms with Crippen molar-refractivity contribution in [3.63, 3.8) is 0 Å². The fourth-order valence-corrected chi connectivity index (χ4v) is 1.63. The van der Waals surface area contributed by atoms with Gasteiger partial charge in [-0.25, -0.2) is 17.9 Å². The molecule has 0 aliphatic carbocycles. The highest BCUT2D eigenvalue weighted by molar-refractivity contribution is 7.89. The molecule has 0 spiro atoms. The molecule has 1 rings (SSSR count). The Balaban J connectivity index is 3.08. The number of rotatable bonds is 3. The fraction of sp³-hybridized carbons (Fsp3) is 0.286. The number of sulfonamides is 1. The molecule has 0 aliphatic heterocycles. The molecule has 5 nitrogen and oxygen atoms in total. The molecule has 1 heterocycles. The van der Waals surface area contributed by atoms with Gasteiger partial charge in [-0.1, -0.05) is 0 Å². The summed E-state index contributed by atoms with van der Waals surface area (Å²) < 4.78 is 34.3. The van der Waals surface area contributed by atoms with Crippen LogP contribution in [0.15, 0.2) is 18.3 Å². The Morgan fingerprint density at radius 3 is 2.57 bits per heavy atom. The quantitative estimate of drug-likeness (QED) is 0.721. The predicted molar refractivity (Wildman–Crippen MR) is 47.1 cm³/mol. The zero-order chi connectivity index (χ0) is 10.8. The second kappa shape index (κ2) is 3.99. The average molecular weight is 220 g/mol. The van der Waals surface area contributed by atoms with Crippen LogP contribution in [0.3, 0.4) is 0 Å². The van der Waals surface area contributed by atoms with Gasteiger partial charge in [0.15, 0.2) is 0 Å². The topological polar surface area (TPSA) is 93.3 Å². The second-order valence-corrected chi connectivity index (χ2v) is 4.41. The van der Waals surface area contributed by atoms with E-state index in [9.17, 15) is 12.8 Å². The van der Waals surface area contributed by atoms with Crippen molar-refractivity contribution in [1.29, 1.82) is 0 Å². The summed E-state index contributed by atoms with van der Waals surface area (Å²) in [7, 11) is -3.92. The molecule has 1 aromatic heterocycles. The van der Waals surface area contributed by atoms with Crippen LogP contribution in [-0.4, -0.2) is 25.1 Å². The van der Waals surface area contributed by atoms with Gasteiger partial charge in [-0.3, -0.25) is 4.98 Å². The first-order chi connectivity index (χ1) is 6.45. The van der Waals surface area contributed by atoms with Crippen LogP contribution in [0.1, 0.15) is 10.9 Å². The smallest absolute Gasteiger partial charge is 0.220 e. The van der Waals surface area contributed by atoms with E-state index in [1.807, 2.05) is 0 Å². The summed E-state index contributed by atoms with van der Waals surface area (Å²) in [6, 6.07) is 2.22. The first-order valence-electron chi connectivity index (χ1n) is 3.69. The molecule has 0 amide bonds. The summed E-state index contributed by atoms with van der Waals surface area (Å²) >= 11 is 0. The molecule has 1 atom stereocenters. The number of nitrogens with zero attached hydrogens (tertiary/aromatic N) is 1. The van der Waals surface area contributed by atoms with Gasteiger partial charge in [-0.2, -0.15) is 0 Å². The molecule has 0 aliphatic rings. The fourth-order valence-electron chi connectivity index (χ4n) is 0.943. The third-order valence-corrected chi connectivity index (χ3v) is 2.83. The molecule has 7 heteroatoms. The lowest BCUT2D eigenvalue weighted by atomic mass is 10.3. The van der Waals surface area contributed by atoms with Crippen molar-refractivity contribution in [2.24, 2.45) is 5.14 Å². The van der Waals surface area contributed by atoms with Gasteiger partial charge >= 0.3 is 0 Å². The Bertz CT molecular complexity index is 403. The molecule has 0 saturated heterocycles. The second-order valence-electron chi connectivity index (χ2n) is 2.66.